The molecule has 0 saturated carbocycles. The number of aromatic nitrogens is 2. The Balaban J connectivity index is 1.57. The summed E-state index contributed by atoms with van der Waals surface area (Å²) in [4.78, 5) is 26.6. The van der Waals surface area contributed by atoms with Gasteiger partial charge < -0.3 is 9.80 Å². The second-order valence-corrected chi connectivity index (χ2v) is 7.46. The van der Waals surface area contributed by atoms with E-state index in [2.05, 4.69) is 27.0 Å². The Morgan fingerprint density at radius 3 is 2.23 bits per heavy atom. The summed E-state index contributed by atoms with van der Waals surface area (Å²) < 4.78 is 0. The Labute approximate surface area is 181 Å². The van der Waals surface area contributed by atoms with Gasteiger partial charge in [0.15, 0.2) is 0 Å². The number of anilines is 3. The number of rotatable bonds is 7. The van der Waals surface area contributed by atoms with Crippen LogP contribution in [-0.2, 0) is 6.54 Å². The van der Waals surface area contributed by atoms with Crippen molar-refractivity contribution in [2.45, 2.75) is 13.5 Å². The molecule has 8 heteroatoms. The largest absolute Gasteiger partial charge is 0.353 e. The molecule has 0 bridgehead atoms. The van der Waals surface area contributed by atoms with Crippen molar-refractivity contribution in [1.29, 1.82) is 0 Å². The fourth-order valence-corrected chi connectivity index (χ4v) is 3.97. The topological polar surface area (TPSA) is 78.6 Å². The number of nitrogens with zero attached hydrogens (tertiary/aromatic N) is 6. The van der Waals surface area contributed by atoms with Crippen LogP contribution in [0.3, 0.4) is 0 Å². The maximum atomic E-state index is 12.1. The van der Waals surface area contributed by atoms with Crippen LogP contribution < -0.4 is 9.80 Å². The quantitative estimate of drug-likeness (QED) is 0.426. The second kappa shape index (κ2) is 9.53. The molecule has 2 heterocycles. The molecule has 8 nitrogen and oxygen atoms in total. The fourth-order valence-electron chi connectivity index (χ4n) is 3.97. The van der Waals surface area contributed by atoms with Crippen LogP contribution in [0.25, 0.3) is 0 Å². The zero-order chi connectivity index (χ0) is 21.6. The minimum atomic E-state index is -0.355. The van der Waals surface area contributed by atoms with Crippen LogP contribution in [0.4, 0.5) is 23.0 Å². The minimum Gasteiger partial charge on any atom is -0.348 e. The van der Waals surface area contributed by atoms with E-state index in [0.717, 1.165) is 25.3 Å². The highest BCUT2D eigenvalue weighted by Gasteiger charge is 2.31. The van der Waals surface area contributed by atoms with Gasteiger partial charge >= 0.3 is 5.69 Å². The third-order valence-electron chi connectivity index (χ3n) is 5.53. The van der Waals surface area contributed by atoms with Crippen molar-refractivity contribution < 1.29 is 4.92 Å². The molecular weight excluding hydrogens is 392 g/mol. The smallest absolute Gasteiger partial charge is 0.348 e. The number of hydrogen-bond donors (Lipinski definition) is 0. The molecule has 4 rings (SSSR count). The molecule has 3 aromatic rings. The van der Waals surface area contributed by atoms with Crippen molar-refractivity contribution in [1.82, 2.24) is 14.9 Å². The first-order valence-corrected chi connectivity index (χ1v) is 10.5. The molecule has 1 saturated heterocycles. The van der Waals surface area contributed by atoms with E-state index >= 15 is 0 Å². The third-order valence-corrected chi connectivity index (χ3v) is 5.53. The molecule has 0 aliphatic carbocycles. The SMILES string of the molecule is CCN(c1ccccc1)c1ncnc(N2CCN(Cc3ccccc3)CC2)c1[N+](=O)[O-]. The van der Waals surface area contributed by atoms with E-state index in [4.69, 9.17) is 0 Å². The lowest BCUT2D eigenvalue weighted by atomic mass is 10.2. The zero-order valence-corrected chi connectivity index (χ0v) is 17.6. The summed E-state index contributed by atoms with van der Waals surface area (Å²) in [6.07, 6.45) is 1.43. The minimum absolute atomic E-state index is 0.0373. The average Bonchev–Trinajstić information content (AvgIpc) is 2.81. The highest BCUT2D eigenvalue weighted by atomic mass is 16.6. The number of benzene rings is 2. The van der Waals surface area contributed by atoms with E-state index in [9.17, 15) is 10.1 Å². The van der Waals surface area contributed by atoms with Gasteiger partial charge in [-0.3, -0.25) is 15.0 Å². The van der Waals surface area contributed by atoms with Crippen molar-refractivity contribution in [3.8, 4) is 0 Å². The second-order valence-electron chi connectivity index (χ2n) is 7.46. The Hall–Kier alpha value is -3.52. The maximum Gasteiger partial charge on any atom is 0.353 e. The lowest BCUT2D eigenvalue weighted by molar-refractivity contribution is -0.383. The van der Waals surface area contributed by atoms with E-state index < -0.39 is 0 Å². The number of piperazine rings is 1. The van der Waals surface area contributed by atoms with Crippen LogP contribution in [0.1, 0.15) is 12.5 Å². The Bertz CT molecular complexity index is 1010. The van der Waals surface area contributed by atoms with E-state index in [1.807, 2.05) is 65.3 Å². The lowest BCUT2D eigenvalue weighted by Gasteiger charge is -2.35. The highest BCUT2D eigenvalue weighted by Crippen LogP contribution is 2.37. The molecule has 1 aliphatic rings. The summed E-state index contributed by atoms with van der Waals surface area (Å²) in [6.45, 7) is 6.41. The number of nitro groups is 1. The van der Waals surface area contributed by atoms with Gasteiger partial charge in [0, 0.05) is 45.0 Å². The molecule has 0 unspecified atom stereocenters. The molecule has 0 amide bonds. The predicted molar refractivity (Wildman–Crippen MR) is 122 cm³/mol. The first-order valence-electron chi connectivity index (χ1n) is 10.5. The van der Waals surface area contributed by atoms with Crippen molar-refractivity contribution in [2.24, 2.45) is 0 Å². The van der Waals surface area contributed by atoms with Gasteiger partial charge in [-0.1, -0.05) is 48.5 Å². The van der Waals surface area contributed by atoms with Gasteiger partial charge in [-0.05, 0) is 24.6 Å². The van der Waals surface area contributed by atoms with Gasteiger partial charge in [0.25, 0.3) is 0 Å². The highest BCUT2D eigenvalue weighted by molar-refractivity contribution is 5.76. The van der Waals surface area contributed by atoms with Crippen LogP contribution in [0.2, 0.25) is 0 Å². The van der Waals surface area contributed by atoms with Crippen molar-refractivity contribution in [3.05, 3.63) is 82.7 Å². The Kier molecular flexibility index (Phi) is 6.37. The molecule has 1 aliphatic heterocycles. The summed E-state index contributed by atoms with van der Waals surface area (Å²) in [5.74, 6) is 0.721. The maximum absolute atomic E-state index is 12.1. The molecular formula is C23H26N6O2. The molecule has 0 atom stereocenters. The zero-order valence-electron chi connectivity index (χ0n) is 17.6. The molecule has 0 spiro atoms. The van der Waals surface area contributed by atoms with Crippen LogP contribution in [0.5, 0.6) is 0 Å². The average molecular weight is 419 g/mol. The van der Waals surface area contributed by atoms with E-state index in [0.29, 0.717) is 31.3 Å². The van der Waals surface area contributed by atoms with E-state index in [1.54, 1.807) is 0 Å². The van der Waals surface area contributed by atoms with Gasteiger partial charge in [0.2, 0.25) is 11.6 Å². The third kappa shape index (κ3) is 4.64. The van der Waals surface area contributed by atoms with Crippen molar-refractivity contribution in [2.75, 3.05) is 42.5 Å². The summed E-state index contributed by atoms with van der Waals surface area (Å²) in [6, 6.07) is 20.0. The molecule has 0 radical (unpaired) electrons. The van der Waals surface area contributed by atoms with Gasteiger partial charge in [-0.2, -0.15) is 0 Å². The summed E-state index contributed by atoms with van der Waals surface area (Å²) >= 11 is 0. The van der Waals surface area contributed by atoms with Gasteiger partial charge in [0.05, 0.1) is 4.92 Å². The first kappa shape index (κ1) is 20.7. The van der Waals surface area contributed by atoms with Gasteiger partial charge in [-0.15, -0.1) is 0 Å². The standard InChI is InChI=1S/C23H26N6O2/c1-2-28(20-11-7-4-8-12-20)23-21(29(30)31)22(24-18-25-23)27-15-13-26(14-16-27)17-19-9-5-3-6-10-19/h3-12,18H,2,13-17H2,1H3. The molecule has 1 aromatic heterocycles. The Morgan fingerprint density at radius 1 is 0.968 bits per heavy atom. The van der Waals surface area contributed by atoms with Crippen LogP contribution >= 0.6 is 0 Å². The molecule has 1 fully saturated rings. The molecule has 0 N–H and O–H groups in total. The number of hydrogen-bond acceptors (Lipinski definition) is 7. The molecule has 160 valence electrons. The van der Waals surface area contributed by atoms with E-state index in [-0.39, 0.29) is 10.6 Å². The lowest BCUT2D eigenvalue weighted by Crippen LogP contribution is -2.46. The summed E-state index contributed by atoms with van der Waals surface area (Å²) in [7, 11) is 0. The summed E-state index contributed by atoms with van der Waals surface area (Å²) in [5.41, 5.74) is 2.10. The molecule has 2 aromatic carbocycles. The van der Waals surface area contributed by atoms with Crippen LogP contribution in [0, 0.1) is 10.1 Å². The fraction of sp³-hybridized carbons (Fsp3) is 0.304. The van der Waals surface area contributed by atoms with Crippen molar-refractivity contribution in [3.63, 3.8) is 0 Å². The van der Waals surface area contributed by atoms with Crippen molar-refractivity contribution >= 4 is 23.0 Å². The van der Waals surface area contributed by atoms with Crippen LogP contribution in [-0.4, -0.2) is 52.5 Å². The van der Waals surface area contributed by atoms with Crippen LogP contribution in [0.15, 0.2) is 67.0 Å². The summed E-state index contributed by atoms with van der Waals surface area (Å²) in [5, 5.41) is 12.1. The molecule has 31 heavy (non-hydrogen) atoms. The normalized spacial score (nSPS) is 14.4. The van der Waals surface area contributed by atoms with Gasteiger partial charge in [-0.25, -0.2) is 9.97 Å². The van der Waals surface area contributed by atoms with Gasteiger partial charge in [0.1, 0.15) is 6.33 Å². The first-order chi connectivity index (χ1) is 15.2. The monoisotopic (exact) mass is 418 g/mol. The Morgan fingerprint density at radius 2 is 1.61 bits per heavy atom. The van der Waals surface area contributed by atoms with E-state index in [1.165, 1.54) is 11.9 Å². The predicted octanol–water partition coefficient (Wildman–Crippen LogP) is 3.87. The number of para-hydroxylation sites is 1.